The fraction of sp³-hybridized carbons (Fsp3) is 0.500. The number of carbonyl (C=O) groups excluding carboxylic acids is 2. The zero-order chi connectivity index (χ0) is 9.56. The number of carbonyl (C=O) groups is 2. The highest BCUT2D eigenvalue weighted by Gasteiger charge is 2.13. The second-order valence-electron chi connectivity index (χ2n) is 2.32. The summed E-state index contributed by atoms with van der Waals surface area (Å²) in [4.78, 5) is 31.1. The molecule has 0 saturated carbocycles. The molecule has 0 heterocycles. The Balaban J connectivity index is 4.24. The van der Waals surface area contributed by atoms with E-state index in [9.17, 15) is 14.4 Å². The molecule has 12 heavy (non-hydrogen) atoms. The van der Waals surface area contributed by atoms with Crippen LogP contribution in [0, 0.1) is 0 Å². The van der Waals surface area contributed by atoms with Crippen LogP contribution in [0.5, 0.6) is 0 Å². The SMILES string of the molecule is CCCC(=C=O)C(=O)CC(=O)O. The van der Waals surface area contributed by atoms with E-state index in [1.165, 1.54) is 5.94 Å². The summed E-state index contributed by atoms with van der Waals surface area (Å²) < 4.78 is 0. The molecule has 0 radical (unpaired) electrons. The highest BCUT2D eigenvalue weighted by atomic mass is 16.4. The Kier molecular flexibility index (Phi) is 4.65. The summed E-state index contributed by atoms with van der Waals surface area (Å²) in [5.74, 6) is -0.396. The molecule has 0 atom stereocenters. The van der Waals surface area contributed by atoms with Gasteiger partial charge in [-0.3, -0.25) is 9.59 Å². The third-order valence-electron chi connectivity index (χ3n) is 1.27. The number of allylic oxidation sites excluding steroid dienone is 1. The maximum Gasteiger partial charge on any atom is 0.311 e. The quantitative estimate of drug-likeness (QED) is 0.372. The van der Waals surface area contributed by atoms with Gasteiger partial charge < -0.3 is 5.11 Å². The molecule has 0 fully saturated rings. The van der Waals surface area contributed by atoms with Gasteiger partial charge in [-0.05, 0) is 6.42 Å². The van der Waals surface area contributed by atoms with Gasteiger partial charge in [0.2, 0.25) is 0 Å². The average molecular weight is 170 g/mol. The second kappa shape index (κ2) is 5.27. The molecule has 0 aliphatic heterocycles. The van der Waals surface area contributed by atoms with Crippen LogP contribution >= 0.6 is 0 Å². The largest absolute Gasteiger partial charge is 0.481 e. The lowest BCUT2D eigenvalue weighted by atomic mass is 10.1. The third-order valence-corrected chi connectivity index (χ3v) is 1.27. The highest BCUT2D eigenvalue weighted by molar-refractivity contribution is 6.09. The summed E-state index contributed by atoms with van der Waals surface area (Å²) >= 11 is 0. The normalized spacial score (nSPS) is 8.75. The minimum absolute atomic E-state index is 0.0556. The first kappa shape index (κ1) is 10.6. The highest BCUT2D eigenvalue weighted by Crippen LogP contribution is 2.04. The molecule has 0 aromatic rings. The number of hydrogen-bond donors (Lipinski definition) is 1. The molecule has 66 valence electrons. The van der Waals surface area contributed by atoms with E-state index in [1.807, 2.05) is 0 Å². The number of hydrogen-bond acceptors (Lipinski definition) is 3. The lowest BCUT2D eigenvalue weighted by Gasteiger charge is -1.96. The Bertz CT molecular complexity index is 235. The summed E-state index contributed by atoms with van der Waals surface area (Å²) in [5.41, 5.74) is -0.0556. The standard InChI is InChI=1S/C8H10O4/c1-2-3-6(5-9)7(10)4-8(11)12/h2-4H2,1H3,(H,11,12). The van der Waals surface area contributed by atoms with E-state index in [1.54, 1.807) is 6.92 Å². The summed E-state index contributed by atoms with van der Waals surface area (Å²) in [6.45, 7) is 1.80. The van der Waals surface area contributed by atoms with Crippen molar-refractivity contribution in [1.29, 1.82) is 0 Å². The molecule has 0 aliphatic rings. The van der Waals surface area contributed by atoms with Gasteiger partial charge in [-0.25, -0.2) is 4.79 Å². The van der Waals surface area contributed by atoms with E-state index in [4.69, 9.17) is 5.11 Å². The smallest absolute Gasteiger partial charge is 0.311 e. The zero-order valence-corrected chi connectivity index (χ0v) is 6.79. The van der Waals surface area contributed by atoms with Crippen molar-refractivity contribution in [3.8, 4) is 0 Å². The van der Waals surface area contributed by atoms with Crippen molar-refractivity contribution < 1.29 is 19.5 Å². The van der Waals surface area contributed by atoms with Crippen LogP contribution in [-0.2, 0) is 14.4 Å². The first-order valence-electron chi connectivity index (χ1n) is 3.60. The van der Waals surface area contributed by atoms with Crippen LogP contribution in [-0.4, -0.2) is 22.8 Å². The first-order valence-corrected chi connectivity index (χ1v) is 3.60. The lowest BCUT2D eigenvalue weighted by Crippen LogP contribution is -2.09. The second-order valence-corrected chi connectivity index (χ2v) is 2.32. The fourth-order valence-corrected chi connectivity index (χ4v) is 0.741. The van der Waals surface area contributed by atoms with E-state index in [0.717, 1.165) is 0 Å². The number of rotatable bonds is 5. The Hall–Kier alpha value is -1.41. The summed E-state index contributed by atoms with van der Waals surface area (Å²) in [6.07, 6.45) is 0.316. The van der Waals surface area contributed by atoms with Crippen molar-refractivity contribution in [2.24, 2.45) is 0 Å². The molecule has 0 aromatic heterocycles. The van der Waals surface area contributed by atoms with Crippen molar-refractivity contribution in [2.75, 3.05) is 0 Å². The van der Waals surface area contributed by atoms with Gasteiger partial charge >= 0.3 is 5.97 Å². The molecule has 0 bridgehead atoms. The molecule has 0 rings (SSSR count). The number of aliphatic carboxylic acids is 1. The summed E-state index contributed by atoms with van der Waals surface area (Å²) in [6, 6.07) is 0. The van der Waals surface area contributed by atoms with Gasteiger partial charge in [0.05, 0.1) is 5.57 Å². The maximum atomic E-state index is 10.9. The monoisotopic (exact) mass is 170 g/mol. The van der Waals surface area contributed by atoms with Gasteiger partial charge in [0.1, 0.15) is 12.4 Å². The molecule has 0 spiro atoms. The topological polar surface area (TPSA) is 71.4 Å². The number of carboxylic acid groups (broad SMARTS) is 1. The van der Waals surface area contributed by atoms with Crippen molar-refractivity contribution >= 4 is 17.7 Å². The first-order chi connectivity index (χ1) is 5.61. The summed E-state index contributed by atoms with van der Waals surface area (Å²) in [7, 11) is 0. The number of carboxylic acids is 1. The predicted molar refractivity (Wildman–Crippen MR) is 41.4 cm³/mol. The number of Topliss-reactive ketones (excluding diaryl/α,β-unsaturated/α-hetero) is 1. The van der Waals surface area contributed by atoms with E-state index in [0.29, 0.717) is 12.8 Å². The van der Waals surface area contributed by atoms with Crippen LogP contribution in [0.25, 0.3) is 0 Å². The van der Waals surface area contributed by atoms with Crippen LogP contribution < -0.4 is 0 Å². The molecule has 1 N–H and O–H groups in total. The van der Waals surface area contributed by atoms with Crippen molar-refractivity contribution in [3.63, 3.8) is 0 Å². The van der Waals surface area contributed by atoms with Crippen LogP contribution in [0.2, 0.25) is 0 Å². The fourth-order valence-electron chi connectivity index (χ4n) is 0.741. The average Bonchev–Trinajstić information content (AvgIpc) is 1.98. The molecule has 0 amide bonds. The Labute approximate surface area is 69.9 Å². The molecule has 0 aliphatic carbocycles. The van der Waals surface area contributed by atoms with Gasteiger partial charge in [0, 0.05) is 0 Å². The number of ketones is 1. The summed E-state index contributed by atoms with van der Waals surface area (Å²) in [5, 5.41) is 8.23. The van der Waals surface area contributed by atoms with E-state index < -0.39 is 18.2 Å². The van der Waals surface area contributed by atoms with Crippen molar-refractivity contribution in [1.82, 2.24) is 0 Å². The molecule has 4 heteroatoms. The molecule has 4 nitrogen and oxygen atoms in total. The minimum atomic E-state index is -1.22. The van der Waals surface area contributed by atoms with E-state index in [-0.39, 0.29) is 5.57 Å². The Morgan fingerprint density at radius 2 is 2.00 bits per heavy atom. The zero-order valence-electron chi connectivity index (χ0n) is 6.79. The molecule has 0 aromatic carbocycles. The molecule has 0 saturated heterocycles. The van der Waals surface area contributed by atoms with Crippen LogP contribution in [0.3, 0.4) is 0 Å². The van der Waals surface area contributed by atoms with Gasteiger partial charge in [-0.15, -0.1) is 0 Å². The van der Waals surface area contributed by atoms with Crippen LogP contribution in [0.4, 0.5) is 0 Å². The van der Waals surface area contributed by atoms with Crippen LogP contribution in [0.1, 0.15) is 26.2 Å². The van der Waals surface area contributed by atoms with Gasteiger partial charge in [0.25, 0.3) is 0 Å². The van der Waals surface area contributed by atoms with Crippen molar-refractivity contribution in [2.45, 2.75) is 26.2 Å². The minimum Gasteiger partial charge on any atom is -0.481 e. The van der Waals surface area contributed by atoms with E-state index >= 15 is 0 Å². The molecule has 0 unspecified atom stereocenters. The lowest BCUT2D eigenvalue weighted by molar-refractivity contribution is -0.139. The Morgan fingerprint density at radius 3 is 2.33 bits per heavy atom. The van der Waals surface area contributed by atoms with Crippen LogP contribution in [0.15, 0.2) is 5.57 Å². The van der Waals surface area contributed by atoms with Crippen molar-refractivity contribution in [3.05, 3.63) is 5.57 Å². The molecular weight excluding hydrogens is 160 g/mol. The van der Waals surface area contributed by atoms with Gasteiger partial charge in [-0.1, -0.05) is 13.3 Å². The van der Waals surface area contributed by atoms with Gasteiger partial charge in [-0.2, -0.15) is 0 Å². The predicted octanol–water partition coefficient (Wildman–Crippen LogP) is 0.588. The third kappa shape index (κ3) is 3.68. The maximum absolute atomic E-state index is 10.9. The van der Waals surface area contributed by atoms with Gasteiger partial charge in [0.15, 0.2) is 5.78 Å². The van der Waals surface area contributed by atoms with E-state index in [2.05, 4.69) is 0 Å². The Morgan fingerprint density at radius 1 is 1.42 bits per heavy atom. The molecular formula is C8H10O4.